The van der Waals surface area contributed by atoms with E-state index in [1.807, 2.05) is 62.4 Å². The Labute approximate surface area is 239 Å². The Kier molecular flexibility index (Phi) is 9.32. The van der Waals surface area contributed by atoms with E-state index in [4.69, 9.17) is 16.9 Å². The Bertz CT molecular complexity index is 1610. The highest BCUT2D eigenvalue weighted by Gasteiger charge is 2.17. The van der Waals surface area contributed by atoms with Gasteiger partial charge in [-0.3, -0.25) is 15.0 Å². The van der Waals surface area contributed by atoms with Crippen LogP contribution in [0.25, 0.3) is 17.3 Å². The number of hydrogen-bond donors (Lipinski definition) is 6. The maximum atomic E-state index is 13.0. The summed E-state index contributed by atoms with van der Waals surface area (Å²) in [6.45, 7) is 4.11. The van der Waals surface area contributed by atoms with Crippen LogP contribution in [0.5, 0.6) is 0 Å². The van der Waals surface area contributed by atoms with Crippen molar-refractivity contribution in [1.82, 2.24) is 15.3 Å². The van der Waals surface area contributed by atoms with Gasteiger partial charge in [-0.1, -0.05) is 66.7 Å². The number of carbonyl (C=O) groups excluding carboxylic acids is 1. The van der Waals surface area contributed by atoms with Gasteiger partial charge in [-0.2, -0.15) is 0 Å². The quantitative estimate of drug-likeness (QED) is 0.0931. The van der Waals surface area contributed by atoms with Crippen molar-refractivity contribution in [2.24, 2.45) is 5.73 Å². The van der Waals surface area contributed by atoms with E-state index in [0.29, 0.717) is 34.7 Å². The minimum absolute atomic E-state index is 0.0144. The summed E-state index contributed by atoms with van der Waals surface area (Å²) < 4.78 is 0. The molecule has 9 nitrogen and oxygen atoms in total. The smallest absolute Gasteiger partial charge is 0.291 e. The van der Waals surface area contributed by atoms with Gasteiger partial charge in [0.25, 0.3) is 5.56 Å². The first-order valence-corrected chi connectivity index (χ1v) is 13.4. The standard InChI is InChI=1S/C32H35N7O2/c1-20(2)37-31-32(41)39-29(25-15-23(16-26(33)17-25)10-6-9-21-7-4-3-5-8-21)27(38-31)18-28(40)36-19-22-11-13-24(14-12-22)30(34)35/h3-8,10-17,20H,9,18-19,33H2,1-2H3,(H3,34,35)(H,36,40)(H,37,38)(H,39,41). The van der Waals surface area contributed by atoms with Crippen LogP contribution in [0.4, 0.5) is 11.5 Å². The minimum Gasteiger partial charge on any atom is -0.399 e. The number of amides is 1. The zero-order valence-electron chi connectivity index (χ0n) is 23.2. The first-order valence-electron chi connectivity index (χ1n) is 13.4. The predicted molar refractivity (Wildman–Crippen MR) is 166 cm³/mol. The second-order valence-corrected chi connectivity index (χ2v) is 10.1. The molecule has 41 heavy (non-hydrogen) atoms. The summed E-state index contributed by atoms with van der Waals surface area (Å²) in [5.74, 6) is -0.124. The predicted octanol–water partition coefficient (Wildman–Crippen LogP) is 4.24. The summed E-state index contributed by atoms with van der Waals surface area (Å²) in [5.41, 5.74) is 17.0. The van der Waals surface area contributed by atoms with E-state index in [-0.39, 0.29) is 35.6 Å². The number of hydrogen-bond acceptors (Lipinski definition) is 6. The number of rotatable bonds is 11. The fourth-order valence-corrected chi connectivity index (χ4v) is 4.30. The van der Waals surface area contributed by atoms with Crippen molar-refractivity contribution in [3.8, 4) is 11.3 Å². The Morgan fingerprint density at radius 3 is 2.46 bits per heavy atom. The SMILES string of the molecule is CC(C)Nc1nc(CC(=O)NCc2ccc(C(=N)N)cc2)c(-c2cc(N)cc(C=CCc3ccccc3)c2)[nH]c1=O. The lowest BCUT2D eigenvalue weighted by atomic mass is 10.0. The molecule has 4 rings (SSSR count). The van der Waals surface area contributed by atoms with E-state index in [1.165, 1.54) is 5.56 Å². The van der Waals surface area contributed by atoms with Gasteiger partial charge >= 0.3 is 0 Å². The molecule has 1 heterocycles. The number of benzene rings is 3. The van der Waals surface area contributed by atoms with Crippen LogP contribution in [0.15, 0.2) is 83.7 Å². The van der Waals surface area contributed by atoms with Crippen LogP contribution in [0.3, 0.4) is 0 Å². The third-order valence-corrected chi connectivity index (χ3v) is 6.27. The number of nitrogen functional groups attached to an aromatic ring is 2. The Morgan fingerprint density at radius 2 is 1.78 bits per heavy atom. The van der Waals surface area contributed by atoms with Gasteiger partial charge in [0.05, 0.1) is 17.8 Å². The molecule has 8 N–H and O–H groups in total. The number of anilines is 2. The van der Waals surface area contributed by atoms with E-state index >= 15 is 0 Å². The Morgan fingerprint density at radius 1 is 1.05 bits per heavy atom. The summed E-state index contributed by atoms with van der Waals surface area (Å²) in [6.07, 6.45) is 4.75. The van der Waals surface area contributed by atoms with Gasteiger partial charge in [-0.05, 0) is 55.2 Å². The van der Waals surface area contributed by atoms with Crippen molar-refractivity contribution in [1.29, 1.82) is 5.41 Å². The lowest BCUT2D eigenvalue weighted by molar-refractivity contribution is -0.120. The number of nitrogens with one attached hydrogen (secondary N) is 4. The zero-order valence-corrected chi connectivity index (χ0v) is 23.2. The number of nitrogens with two attached hydrogens (primary N) is 2. The largest absolute Gasteiger partial charge is 0.399 e. The molecular formula is C32H35N7O2. The van der Waals surface area contributed by atoms with Crippen LogP contribution < -0.4 is 27.7 Å². The molecule has 0 spiro atoms. The van der Waals surface area contributed by atoms with Crippen molar-refractivity contribution in [2.75, 3.05) is 11.1 Å². The Hall–Kier alpha value is -5.18. The molecule has 1 amide bonds. The van der Waals surface area contributed by atoms with E-state index in [9.17, 15) is 9.59 Å². The van der Waals surface area contributed by atoms with Crippen molar-refractivity contribution < 1.29 is 4.79 Å². The average molecular weight is 550 g/mol. The van der Waals surface area contributed by atoms with Crippen LogP contribution in [-0.2, 0) is 24.2 Å². The van der Waals surface area contributed by atoms with Gasteiger partial charge in [0.2, 0.25) is 5.91 Å². The summed E-state index contributed by atoms with van der Waals surface area (Å²) in [5, 5.41) is 13.5. The van der Waals surface area contributed by atoms with Crippen LogP contribution >= 0.6 is 0 Å². The third kappa shape index (κ3) is 8.15. The van der Waals surface area contributed by atoms with Gasteiger partial charge in [-0.15, -0.1) is 0 Å². The molecule has 4 aromatic rings. The maximum Gasteiger partial charge on any atom is 0.291 e. The first kappa shape index (κ1) is 28.8. The molecule has 9 heteroatoms. The van der Waals surface area contributed by atoms with Crippen LogP contribution in [0.2, 0.25) is 0 Å². The number of aromatic amines is 1. The molecule has 3 aromatic carbocycles. The van der Waals surface area contributed by atoms with Crippen LogP contribution in [-0.4, -0.2) is 27.8 Å². The lowest BCUT2D eigenvalue weighted by Crippen LogP contribution is -2.28. The van der Waals surface area contributed by atoms with Gasteiger partial charge < -0.3 is 27.1 Å². The molecule has 0 unspecified atom stereocenters. The molecule has 0 radical (unpaired) electrons. The van der Waals surface area contributed by atoms with Gasteiger partial charge in [-0.25, -0.2) is 4.98 Å². The van der Waals surface area contributed by atoms with Crippen molar-refractivity contribution in [2.45, 2.75) is 39.3 Å². The first-order chi connectivity index (χ1) is 19.7. The highest BCUT2D eigenvalue weighted by molar-refractivity contribution is 5.94. The van der Waals surface area contributed by atoms with Crippen molar-refractivity contribution in [3.05, 3.63) is 117 Å². The fraction of sp³-hybridized carbons (Fsp3) is 0.188. The number of nitrogens with zero attached hydrogens (tertiary/aromatic N) is 1. The van der Waals surface area contributed by atoms with Crippen LogP contribution in [0.1, 0.15) is 41.8 Å². The third-order valence-electron chi connectivity index (χ3n) is 6.27. The van der Waals surface area contributed by atoms with E-state index in [1.54, 1.807) is 18.2 Å². The second kappa shape index (κ2) is 13.3. The average Bonchev–Trinajstić information content (AvgIpc) is 2.94. The summed E-state index contributed by atoms with van der Waals surface area (Å²) >= 11 is 0. The summed E-state index contributed by atoms with van der Waals surface area (Å²) in [6, 6.07) is 22.7. The van der Waals surface area contributed by atoms with Crippen LogP contribution in [0, 0.1) is 5.41 Å². The molecular weight excluding hydrogens is 514 g/mol. The number of carbonyl (C=O) groups is 1. The molecule has 0 bridgehead atoms. The van der Waals surface area contributed by atoms with E-state index in [0.717, 1.165) is 17.5 Å². The van der Waals surface area contributed by atoms with Crippen molar-refractivity contribution in [3.63, 3.8) is 0 Å². The molecule has 0 saturated carbocycles. The van der Waals surface area contributed by atoms with Gasteiger partial charge in [0.1, 0.15) is 5.84 Å². The molecule has 0 saturated heterocycles. The zero-order chi connectivity index (χ0) is 29.4. The van der Waals surface area contributed by atoms with Crippen molar-refractivity contribution >= 4 is 29.3 Å². The molecule has 0 atom stereocenters. The van der Waals surface area contributed by atoms with E-state index < -0.39 is 0 Å². The highest BCUT2D eigenvalue weighted by atomic mass is 16.1. The normalized spacial score (nSPS) is 11.1. The minimum atomic E-state index is -0.382. The lowest BCUT2D eigenvalue weighted by Gasteiger charge is -2.14. The topological polar surface area (TPSA) is 163 Å². The molecule has 0 fully saturated rings. The highest BCUT2D eigenvalue weighted by Crippen LogP contribution is 2.25. The number of amidine groups is 1. The fourth-order valence-electron chi connectivity index (χ4n) is 4.30. The second-order valence-electron chi connectivity index (χ2n) is 10.1. The Balaban J connectivity index is 1.59. The number of aromatic nitrogens is 2. The number of H-pyrrole nitrogens is 1. The summed E-state index contributed by atoms with van der Waals surface area (Å²) in [7, 11) is 0. The van der Waals surface area contributed by atoms with E-state index in [2.05, 4.69) is 38.8 Å². The summed E-state index contributed by atoms with van der Waals surface area (Å²) in [4.78, 5) is 33.4. The maximum absolute atomic E-state index is 13.0. The molecule has 0 aliphatic rings. The van der Waals surface area contributed by atoms with Gasteiger partial charge in [0.15, 0.2) is 5.82 Å². The molecule has 0 aliphatic heterocycles. The molecule has 1 aromatic heterocycles. The molecule has 0 aliphatic carbocycles. The van der Waals surface area contributed by atoms with Gasteiger partial charge in [0, 0.05) is 29.4 Å². The molecule has 210 valence electrons. The number of allylic oxidation sites excluding steroid dienone is 1. The monoisotopic (exact) mass is 549 g/mol.